The summed E-state index contributed by atoms with van der Waals surface area (Å²) in [4.78, 5) is 11.4. The van der Waals surface area contributed by atoms with E-state index in [0.717, 1.165) is 12.1 Å². The first-order valence-corrected chi connectivity index (χ1v) is 5.95. The summed E-state index contributed by atoms with van der Waals surface area (Å²) in [6.07, 6.45) is -4.58. The lowest BCUT2D eigenvalue weighted by Crippen LogP contribution is -2.20. The zero-order valence-electron chi connectivity index (χ0n) is 10.6. The van der Waals surface area contributed by atoms with Crippen LogP contribution in [0.4, 0.5) is 18.9 Å². The molecule has 1 aromatic carbocycles. The minimum Gasteiger partial charge on any atom is -0.382 e. The fraction of sp³-hybridized carbons (Fsp3) is 0.417. The molecular weight excluding hydrogens is 299 g/mol. The van der Waals surface area contributed by atoms with Crippen molar-refractivity contribution < 1.29 is 27.4 Å². The number of ether oxygens (including phenoxy) is 2. The minimum atomic E-state index is -4.58. The lowest BCUT2D eigenvalue weighted by atomic mass is 10.2. The van der Waals surface area contributed by atoms with Crippen molar-refractivity contribution in [1.82, 2.24) is 0 Å². The Hall–Kier alpha value is -1.31. The van der Waals surface area contributed by atoms with Gasteiger partial charge in [0.1, 0.15) is 6.61 Å². The molecule has 1 amide bonds. The zero-order valence-corrected chi connectivity index (χ0v) is 11.3. The molecule has 0 fully saturated rings. The fourth-order valence-corrected chi connectivity index (χ4v) is 1.55. The number of anilines is 1. The van der Waals surface area contributed by atoms with E-state index in [1.54, 1.807) is 0 Å². The predicted molar refractivity (Wildman–Crippen MR) is 67.8 cm³/mol. The summed E-state index contributed by atoms with van der Waals surface area (Å²) in [5, 5.41) is 1.87. The molecule has 0 aromatic heterocycles. The summed E-state index contributed by atoms with van der Waals surface area (Å²) < 4.78 is 47.5. The van der Waals surface area contributed by atoms with Crippen molar-refractivity contribution in [3.63, 3.8) is 0 Å². The topological polar surface area (TPSA) is 47.6 Å². The molecule has 0 heterocycles. The molecule has 1 aromatic rings. The first-order chi connectivity index (χ1) is 9.34. The Balaban J connectivity index is 2.62. The summed E-state index contributed by atoms with van der Waals surface area (Å²) in [5.74, 6) is -0.559. The largest absolute Gasteiger partial charge is 0.417 e. The molecule has 1 N–H and O–H groups in total. The van der Waals surface area contributed by atoms with Gasteiger partial charge in [-0.3, -0.25) is 4.79 Å². The summed E-state index contributed by atoms with van der Waals surface area (Å²) in [5.41, 5.74) is -1.00. The number of carbonyl (C=O) groups is 1. The molecular formula is C12H13ClF3NO3. The molecule has 0 unspecified atom stereocenters. The fourth-order valence-electron chi connectivity index (χ4n) is 1.32. The van der Waals surface area contributed by atoms with Crippen LogP contribution in [0.25, 0.3) is 0 Å². The van der Waals surface area contributed by atoms with Gasteiger partial charge in [-0.05, 0) is 18.2 Å². The van der Waals surface area contributed by atoms with Crippen molar-refractivity contribution in [2.24, 2.45) is 0 Å². The van der Waals surface area contributed by atoms with E-state index in [2.05, 4.69) is 5.32 Å². The number of benzene rings is 1. The van der Waals surface area contributed by atoms with Gasteiger partial charge in [0.05, 0.1) is 23.8 Å². The van der Waals surface area contributed by atoms with E-state index < -0.39 is 22.7 Å². The van der Waals surface area contributed by atoms with Gasteiger partial charge in [0.25, 0.3) is 0 Å². The minimum absolute atomic E-state index is 0.00191. The maximum Gasteiger partial charge on any atom is 0.417 e. The molecule has 0 bridgehead atoms. The highest BCUT2D eigenvalue weighted by atomic mass is 35.5. The number of nitrogens with one attached hydrogen (secondary N) is 1. The normalized spacial score (nSPS) is 11.4. The van der Waals surface area contributed by atoms with Crippen molar-refractivity contribution in [3.8, 4) is 0 Å². The van der Waals surface area contributed by atoms with E-state index in [-0.39, 0.29) is 18.9 Å². The highest BCUT2D eigenvalue weighted by molar-refractivity contribution is 6.31. The molecule has 0 spiro atoms. The molecule has 4 nitrogen and oxygen atoms in total. The number of hydrogen-bond acceptors (Lipinski definition) is 3. The molecule has 0 saturated carbocycles. The van der Waals surface area contributed by atoms with Crippen LogP contribution in [0.3, 0.4) is 0 Å². The number of alkyl halides is 3. The predicted octanol–water partition coefficient (Wildman–Crippen LogP) is 2.96. The third-order valence-corrected chi connectivity index (χ3v) is 2.55. The van der Waals surface area contributed by atoms with Gasteiger partial charge in [-0.1, -0.05) is 11.6 Å². The zero-order chi connectivity index (χ0) is 15.2. The van der Waals surface area contributed by atoms with Crippen LogP contribution in [0.2, 0.25) is 5.02 Å². The highest BCUT2D eigenvalue weighted by Gasteiger charge is 2.33. The van der Waals surface area contributed by atoms with Crippen molar-refractivity contribution in [3.05, 3.63) is 28.8 Å². The van der Waals surface area contributed by atoms with Crippen molar-refractivity contribution >= 4 is 23.2 Å². The van der Waals surface area contributed by atoms with Crippen molar-refractivity contribution in [1.29, 1.82) is 0 Å². The Bertz CT molecular complexity index is 466. The molecule has 8 heteroatoms. The van der Waals surface area contributed by atoms with E-state index in [9.17, 15) is 18.0 Å². The van der Waals surface area contributed by atoms with Crippen LogP contribution in [0, 0.1) is 0 Å². The first kappa shape index (κ1) is 16.7. The van der Waals surface area contributed by atoms with Gasteiger partial charge in [0.2, 0.25) is 5.91 Å². The quantitative estimate of drug-likeness (QED) is 0.822. The van der Waals surface area contributed by atoms with E-state index in [0.29, 0.717) is 6.61 Å². The van der Waals surface area contributed by atoms with E-state index in [1.165, 1.54) is 13.2 Å². The average molecular weight is 312 g/mol. The molecule has 0 aliphatic rings. The van der Waals surface area contributed by atoms with Crippen LogP contribution >= 0.6 is 11.6 Å². The van der Waals surface area contributed by atoms with E-state index in [4.69, 9.17) is 21.1 Å². The lowest BCUT2D eigenvalue weighted by Gasteiger charge is -2.11. The van der Waals surface area contributed by atoms with Gasteiger partial charge in [-0.25, -0.2) is 0 Å². The van der Waals surface area contributed by atoms with Gasteiger partial charge in [0, 0.05) is 12.8 Å². The van der Waals surface area contributed by atoms with Crippen LogP contribution in [0.1, 0.15) is 5.56 Å². The second kappa shape index (κ2) is 7.47. The van der Waals surface area contributed by atoms with Crippen molar-refractivity contribution in [2.45, 2.75) is 6.18 Å². The highest BCUT2D eigenvalue weighted by Crippen LogP contribution is 2.36. The molecule has 0 atom stereocenters. The van der Waals surface area contributed by atoms with Crippen LogP contribution in [-0.2, 0) is 20.4 Å². The SMILES string of the molecule is COCCOCC(=O)Nc1ccc(Cl)c(C(F)(F)F)c1. The van der Waals surface area contributed by atoms with Crippen molar-refractivity contribution in [2.75, 3.05) is 32.2 Å². The Labute approximate surface area is 118 Å². The van der Waals surface area contributed by atoms with E-state index >= 15 is 0 Å². The molecule has 0 saturated heterocycles. The number of rotatable bonds is 6. The number of amides is 1. The third kappa shape index (κ3) is 5.36. The Kier molecular flexibility index (Phi) is 6.25. The van der Waals surface area contributed by atoms with Crippen LogP contribution in [-0.4, -0.2) is 32.8 Å². The van der Waals surface area contributed by atoms with Crippen LogP contribution < -0.4 is 5.32 Å². The second-order valence-electron chi connectivity index (χ2n) is 3.79. The lowest BCUT2D eigenvalue weighted by molar-refractivity contribution is -0.137. The summed E-state index contributed by atoms with van der Waals surface area (Å²) in [6.45, 7) is 0.276. The van der Waals surface area contributed by atoms with E-state index in [1.807, 2.05) is 0 Å². The molecule has 0 aliphatic heterocycles. The summed E-state index contributed by atoms with van der Waals surface area (Å²) in [6, 6.07) is 3.13. The Morgan fingerprint density at radius 3 is 2.65 bits per heavy atom. The second-order valence-corrected chi connectivity index (χ2v) is 4.19. The maximum atomic E-state index is 12.6. The molecule has 20 heavy (non-hydrogen) atoms. The monoisotopic (exact) mass is 311 g/mol. The van der Waals surface area contributed by atoms with Crippen LogP contribution in [0.15, 0.2) is 18.2 Å². The third-order valence-electron chi connectivity index (χ3n) is 2.22. The van der Waals surface area contributed by atoms with Crippen LogP contribution in [0.5, 0.6) is 0 Å². The first-order valence-electron chi connectivity index (χ1n) is 5.58. The smallest absolute Gasteiger partial charge is 0.382 e. The van der Waals surface area contributed by atoms with Gasteiger partial charge < -0.3 is 14.8 Å². The standard InChI is InChI=1S/C12H13ClF3NO3/c1-19-4-5-20-7-11(18)17-8-2-3-10(13)9(6-8)12(14,15)16/h2-3,6H,4-5,7H2,1H3,(H,17,18). The maximum absolute atomic E-state index is 12.6. The number of carbonyl (C=O) groups excluding carboxylic acids is 1. The molecule has 0 radical (unpaired) electrons. The van der Waals surface area contributed by atoms with Gasteiger partial charge in [0.15, 0.2) is 0 Å². The molecule has 1 rings (SSSR count). The number of methoxy groups -OCH3 is 1. The Morgan fingerprint density at radius 1 is 1.35 bits per heavy atom. The number of halogens is 4. The number of hydrogen-bond donors (Lipinski definition) is 1. The summed E-state index contributed by atoms with van der Waals surface area (Å²) in [7, 11) is 1.48. The van der Waals surface area contributed by atoms with Gasteiger partial charge >= 0.3 is 6.18 Å². The average Bonchev–Trinajstić information content (AvgIpc) is 2.36. The Morgan fingerprint density at radius 2 is 2.05 bits per heavy atom. The summed E-state index contributed by atoms with van der Waals surface area (Å²) >= 11 is 5.46. The van der Waals surface area contributed by atoms with Gasteiger partial charge in [-0.15, -0.1) is 0 Å². The molecule has 0 aliphatic carbocycles. The van der Waals surface area contributed by atoms with Gasteiger partial charge in [-0.2, -0.15) is 13.2 Å². The molecule has 112 valence electrons.